The molecule has 108 valence electrons. The van der Waals surface area contributed by atoms with Crippen molar-refractivity contribution in [2.75, 3.05) is 0 Å². The summed E-state index contributed by atoms with van der Waals surface area (Å²) in [5.41, 5.74) is 11.5. The van der Waals surface area contributed by atoms with Crippen molar-refractivity contribution >= 4 is 18.2 Å². The van der Waals surface area contributed by atoms with Gasteiger partial charge in [0.1, 0.15) is 0 Å². The van der Waals surface area contributed by atoms with Gasteiger partial charge in [0.05, 0.1) is 0 Å². The van der Waals surface area contributed by atoms with E-state index in [0.29, 0.717) is 0 Å². The SMILES string of the molecule is C=C(/C=C\C=C/C)C1=C(S)C(c2ccccc2)=C(N)CC1. The second-order valence-electron chi connectivity index (χ2n) is 5.00. The summed E-state index contributed by atoms with van der Waals surface area (Å²) in [6, 6.07) is 10.2. The van der Waals surface area contributed by atoms with Crippen LogP contribution in [0.4, 0.5) is 0 Å². The van der Waals surface area contributed by atoms with Crippen LogP contribution < -0.4 is 5.73 Å². The molecule has 0 aromatic heterocycles. The van der Waals surface area contributed by atoms with Gasteiger partial charge < -0.3 is 5.73 Å². The molecule has 0 radical (unpaired) electrons. The fourth-order valence-corrected chi connectivity index (χ4v) is 2.96. The second kappa shape index (κ2) is 7.19. The van der Waals surface area contributed by atoms with Crippen LogP contribution in [0, 0.1) is 0 Å². The molecule has 2 N–H and O–H groups in total. The molecule has 0 bridgehead atoms. The van der Waals surface area contributed by atoms with Crippen molar-refractivity contribution in [3.63, 3.8) is 0 Å². The molecule has 0 aliphatic heterocycles. The van der Waals surface area contributed by atoms with Crippen LogP contribution >= 0.6 is 12.6 Å². The molecule has 2 rings (SSSR count). The topological polar surface area (TPSA) is 26.0 Å². The minimum Gasteiger partial charge on any atom is -0.401 e. The van der Waals surface area contributed by atoms with E-state index >= 15 is 0 Å². The van der Waals surface area contributed by atoms with Crippen LogP contribution in [0.15, 0.2) is 83.0 Å². The van der Waals surface area contributed by atoms with Crippen LogP contribution in [-0.2, 0) is 0 Å². The molecule has 2 heteroatoms. The molecule has 1 aromatic rings. The lowest BCUT2D eigenvalue weighted by Crippen LogP contribution is -2.10. The van der Waals surface area contributed by atoms with Gasteiger partial charge >= 0.3 is 0 Å². The third-order valence-corrected chi connectivity index (χ3v) is 4.03. The Morgan fingerprint density at radius 1 is 1.19 bits per heavy atom. The monoisotopic (exact) mass is 295 g/mol. The summed E-state index contributed by atoms with van der Waals surface area (Å²) >= 11 is 4.74. The van der Waals surface area contributed by atoms with Crippen LogP contribution in [0.25, 0.3) is 5.57 Å². The quantitative estimate of drug-likeness (QED) is 0.592. The molecule has 0 heterocycles. The Morgan fingerprint density at radius 2 is 1.90 bits per heavy atom. The van der Waals surface area contributed by atoms with Crippen LogP contribution in [0.5, 0.6) is 0 Å². The molecule has 0 fully saturated rings. The predicted molar refractivity (Wildman–Crippen MR) is 95.9 cm³/mol. The van der Waals surface area contributed by atoms with E-state index in [4.69, 9.17) is 18.4 Å². The Bertz CT molecular complexity index is 645. The van der Waals surface area contributed by atoms with E-state index in [-0.39, 0.29) is 0 Å². The second-order valence-corrected chi connectivity index (χ2v) is 5.45. The van der Waals surface area contributed by atoms with Gasteiger partial charge in [-0.1, -0.05) is 61.2 Å². The van der Waals surface area contributed by atoms with E-state index in [1.54, 1.807) is 0 Å². The maximum Gasteiger partial charge on any atom is 0.0175 e. The third kappa shape index (κ3) is 3.59. The van der Waals surface area contributed by atoms with E-state index in [9.17, 15) is 0 Å². The number of hydrogen-bond acceptors (Lipinski definition) is 2. The van der Waals surface area contributed by atoms with Gasteiger partial charge in [-0.3, -0.25) is 0 Å². The molecule has 1 aliphatic carbocycles. The Labute approximate surface area is 132 Å². The molecular formula is C19H21NS. The first kappa shape index (κ1) is 15.5. The zero-order valence-electron chi connectivity index (χ0n) is 12.3. The zero-order chi connectivity index (χ0) is 15.2. The Balaban J connectivity index is 2.40. The number of thiol groups is 1. The summed E-state index contributed by atoms with van der Waals surface area (Å²) in [5.74, 6) is 0. The number of allylic oxidation sites excluding steroid dienone is 8. The van der Waals surface area contributed by atoms with Gasteiger partial charge in [0.2, 0.25) is 0 Å². The molecular weight excluding hydrogens is 274 g/mol. The van der Waals surface area contributed by atoms with Crippen molar-refractivity contribution in [1.29, 1.82) is 0 Å². The smallest absolute Gasteiger partial charge is 0.0175 e. The van der Waals surface area contributed by atoms with Crippen molar-refractivity contribution in [3.05, 3.63) is 88.5 Å². The van der Waals surface area contributed by atoms with Gasteiger partial charge in [0.25, 0.3) is 0 Å². The first-order valence-electron chi connectivity index (χ1n) is 7.10. The number of rotatable bonds is 4. The molecule has 0 saturated carbocycles. The van der Waals surface area contributed by atoms with Gasteiger partial charge in [-0.25, -0.2) is 0 Å². The van der Waals surface area contributed by atoms with Crippen LogP contribution in [-0.4, -0.2) is 0 Å². The van der Waals surface area contributed by atoms with E-state index in [1.807, 2.05) is 49.4 Å². The fourth-order valence-electron chi connectivity index (χ4n) is 2.43. The minimum absolute atomic E-state index is 0.847. The molecule has 0 atom stereocenters. The van der Waals surface area contributed by atoms with Crippen molar-refractivity contribution in [1.82, 2.24) is 0 Å². The first-order chi connectivity index (χ1) is 10.1. The highest BCUT2D eigenvalue weighted by Crippen LogP contribution is 2.39. The molecule has 0 saturated heterocycles. The lowest BCUT2D eigenvalue weighted by Gasteiger charge is -2.22. The predicted octanol–water partition coefficient (Wildman–Crippen LogP) is 5.02. The summed E-state index contributed by atoms with van der Waals surface area (Å²) in [6.45, 7) is 6.16. The summed E-state index contributed by atoms with van der Waals surface area (Å²) < 4.78 is 0. The highest BCUT2D eigenvalue weighted by atomic mass is 32.1. The van der Waals surface area contributed by atoms with Crippen molar-refractivity contribution in [2.45, 2.75) is 19.8 Å². The number of hydrogen-bond donors (Lipinski definition) is 2. The van der Waals surface area contributed by atoms with Gasteiger partial charge in [0.15, 0.2) is 0 Å². The van der Waals surface area contributed by atoms with Gasteiger partial charge in [-0.15, -0.1) is 12.6 Å². The average molecular weight is 295 g/mol. The number of nitrogens with two attached hydrogens (primary N) is 1. The van der Waals surface area contributed by atoms with Gasteiger partial charge in [0, 0.05) is 16.2 Å². The number of benzene rings is 1. The largest absolute Gasteiger partial charge is 0.401 e. The molecule has 0 amide bonds. The maximum atomic E-state index is 6.22. The standard InChI is InChI=1S/C19H21NS/c1-3-4-6-9-14(2)16-12-13-17(20)18(19(16)21)15-10-7-5-8-11-15/h3-11,21H,2,12-13,20H2,1H3/b4-3-,9-6-. The van der Waals surface area contributed by atoms with E-state index in [2.05, 4.69) is 18.7 Å². The van der Waals surface area contributed by atoms with E-state index < -0.39 is 0 Å². The molecule has 1 aromatic carbocycles. The normalized spacial score (nSPS) is 16.3. The van der Waals surface area contributed by atoms with E-state index in [1.165, 1.54) is 5.57 Å². The Kier molecular flexibility index (Phi) is 5.29. The highest BCUT2D eigenvalue weighted by molar-refractivity contribution is 7.85. The van der Waals surface area contributed by atoms with E-state index in [0.717, 1.165) is 40.2 Å². The van der Waals surface area contributed by atoms with Crippen molar-refractivity contribution in [2.24, 2.45) is 5.73 Å². The van der Waals surface area contributed by atoms with Crippen molar-refractivity contribution < 1.29 is 0 Å². The average Bonchev–Trinajstić information content (AvgIpc) is 2.48. The molecule has 1 nitrogen and oxygen atoms in total. The highest BCUT2D eigenvalue weighted by Gasteiger charge is 2.20. The first-order valence-corrected chi connectivity index (χ1v) is 7.55. The Morgan fingerprint density at radius 3 is 2.57 bits per heavy atom. The van der Waals surface area contributed by atoms with Crippen LogP contribution in [0.2, 0.25) is 0 Å². The molecule has 1 aliphatic rings. The summed E-state index contributed by atoms with van der Waals surface area (Å²) in [5, 5.41) is 0. The van der Waals surface area contributed by atoms with Crippen LogP contribution in [0.3, 0.4) is 0 Å². The van der Waals surface area contributed by atoms with Crippen LogP contribution in [0.1, 0.15) is 25.3 Å². The van der Waals surface area contributed by atoms with Gasteiger partial charge in [-0.05, 0) is 36.5 Å². The summed E-state index contributed by atoms with van der Waals surface area (Å²) in [7, 11) is 0. The molecule has 0 spiro atoms. The summed E-state index contributed by atoms with van der Waals surface area (Å²) in [4.78, 5) is 0.945. The van der Waals surface area contributed by atoms with Crippen molar-refractivity contribution in [3.8, 4) is 0 Å². The molecule has 0 unspecified atom stereocenters. The lowest BCUT2D eigenvalue weighted by atomic mass is 9.88. The van der Waals surface area contributed by atoms with Gasteiger partial charge in [-0.2, -0.15) is 0 Å². The summed E-state index contributed by atoms with van der Waals surface area (Å²) in [6.07, 6.45) is 9.75. The fraction of sp³-hybridized carbons (Fsp3) is 0.158. The Hall–Kier alpha value is -1.93. The third-order valence-electron chi connectivity index (χ3n) is 3.54. The zero-order valence-corrected chi connectivity index (χ0v) is 13.2. The maximum absolute atomic E-state index is 6.22. The minimum atomic E-state index is 0.847. The molecule has 21 heavy (non-hydrogen) atoms. The lowest BCUT2D eigenvalue weighted by molar-refractivity contribution is 0.908.